The van der Waals surface area contributed by atoms with E-state index in [9.17, 15) is 54.0 Å². The van der Waals surface area contributed by atoms with Crippen LogP contribution < -0.4 is 27.4 Å². The van der Waals surface area contributed by atoms with Crippen LogP contribution >= 0.6 is 0 Å². The molecule has 7 aliphatic rings. The number of piperazine rings is 2. The quantitative estimate of drug-likeness (QED) is 0.0112. The van der Waals surface area contributed by atoms with Crippen molar-refractivity contribution in [2.45, 2.75) is 230 Å². The first-order valence-electron chi connectivity index (χ1n) is 45.1. The first-order chi connectivity index (χ1) is 61.0. The molecule has 4 amide bonds. The number of ketones is 2. The molecule has 10 heterocycles. The topological polar surface area (TPSA) is 452 Å². The van der Waals surface area contributed by atoms with Crippen molar-refractivity contribution >= 4 is 81.1 Å². The molecule has 11 N–H and O–H groups in total. The molecule has 12 atom stereocenters. The van der Waals surface area contributed by atoms with Crippen LogP contribution in [-0.2, 0) is 83.3 Å². The Morgan fingerprint density at radius 3 is 2.23 bits per heavy atom. The number of aliphatic hydroxyl groups is 4. The Kier molecular flexibility index (Phi) is 32.3. The van der Waals surface area contributed by atoms with Crippen molar-refractivity contribution in [3.8, 4) is 11.3 Å². The summed E-state index contributed by atoms with van der Waals surface area (Å²) in [7, 11) is 1.56. The van der Waals surface area contributed by atoms with Gasteiger partial charge in [-0.2, -0.15) is 10.1 Å². The average molecular weight is 1760 g/mol. The molecule has 0 spiro atoms. The van der Waals surface area contributed by atoms with Gasteiger partial charge in [0.25, 0.3) is 17.7 Å². The predicted molar refractivity (Wildman–Crippen MR) is 475 cm³/mol. The van der Waals surface area contributed by atoms with Crippen molar-refractivity contribution in [2.24, 2.45) is 29.4 Å². The fourth-order valence-corrected chi connectivity index (χ4v) is 18.5. The number of Topliss-reactive ketones (excluding diaryl/α,β-unsaturated/α-hetero) is 2. The van der Waals surface area contributed by atoms with E-state index in [1.54, 1.807) is 52.4 Å². The van der Waals surface area contributed by atoms with Crippen molar-refractivity contribution in [1.82, 2.24) is 64.5 Å². The van der Waals surface area contributed by atoms with E-state index in [1.807, 2.05) is 81.8 Å². The molecule has 4 saturated heterocycles. The van der Waals surface area contributed by atoms with Gasteiger partial charge in [-0.15, -0.1) is 0 Å². The standard InChI is InChI=1S/C93H127N17O17/c1-57-14-9-8-10-15-58(2)76(122-7)49-70-16-13-30-93(121,127-70)86(118)89(119)109-31-12-11-17-73(109)90(120)125-77(50-74(111)59(3)45-61(5)84(116)85(117)83(115)60(4)44-57)71(94)47-63-19-23-69(24-20-63)124-62(6)97-51-65-52-98-92(99-53-65)107-39-37-106(38-40-107)80(114)29-42-123-43-41-104-33-35-105(36-34-104)78(112)26-27-79(113)108-32-28-66-46-64(18-21-68(66)55-108)54-110-88-81(87(95)100-56-101-88)82(103-110)67-22-25-75-72(48-67)102-91(96)126-75/h8-10,14-15,18,21-22,25,45-46,48,52-53,56-57,59-60,63,69-71,73-74,76-77,84-85,97,111,116-117,121H,6,11-13,16-17,19-20,23-24,26-44,47,49-51,54-55,94H2,1-5,7H3,(H2,96,102)(H2,95,100,101)/b10-8+,14-9+,58-15+,61-45+/t57-,59-,60-,63?,69?,70+,71-,73+,74-,76+,77+,84-,85+,93-/m1/s1. The number of piperidine rings is 1. The number of aromatic nitrogens is 7. The van der Waals surface area contributed by atoms with Crippen LogP contribution in [0.4, 0.5) is 17.8 Å². The van der Waals surface area contributed by atoms with Gasteiger partial charge in [0.15, 0.2) is 22.9 Å². The molecule has 0 radical (unpaired) electrons. The maximum absolute atomic E-state index is 14.6. The lowest BCUT2D eigenvalue weighted by Gasteiger charge is -2.40. The number of cyclic esters (lactones) is 1. The van der Waals surface area contributed by atoms with Gasteiger partial charge in [0.05, 0.1) is 49.9 Å². The Hall–Kier alpha value is -10.4. The van der Waals surface area contributed by atoms with E-state index in [0.717, 1.165) is 38.3 Å². The van der Waals surface area contributed by atoms with Gasteiger partial charge >= 0.3 is 5.97 Å². The summed E-state index contributed by atoms with van der Waals surface area (Å²) in [4.78, 5) is 130. The lowest BCUT2D eigenvalue weighted by atomic mass is 9.81. The molecule has 2 aromatic carbocycles. The number of nitrogens with zero attached hydrogens (tertiary/aromatic N) is 13. The number of rotatable bonds is 22. The molecule has 5 fully saturated rings. The molecule has 6 aliphatic heterocycles. The van der Waals surface area contributed by atoms with Crippen LogP contribution in [0.1, 0.15) is 166 Å². The van der Waals surface area contributed by atoms with Gasteiger partial charge in [-0.1, -0.05) is 75.4 Å². The highest BCUT2D eigenvalue weighted by atomic mass is 16.6. The monoisotopic (exact) mass is 1750 g/mol. The summed E-state index contributed by atoms with van der Waals surface area (Å²) in [5.74, 6) is -6.07. The second kappa shape index (κ2) is 43.6. The second-order valence-corrected chi connectivity index (χ2v) is 35.5. The van der Waals surface area contributed by atoms with Crippen molar-refractivity contribution in [1.29, 1.82) is 0 Å². The number of nitrogens with one attached hydrogen (secondary N) is 1. The maximum Gasteiger partial charge on any atom is 0.329 e. The predicted octanol–water partition coefficient (Wildman–Crippen LogP) is 6.94. The molecule has 1 aliphatic carbocycles. The molecule has 13 rings (SSSR count). The number of methoxy groups -OCH3 is 1. The minimum atomic E-state index is -2.44. The number of esters is 1. The molecule has 34 heteroatoms. The van der Waals surface area contributed by atoms with Crippen LogP contribution in [0, 0.1) is 23.7 Å². The molecule has 2 bridgehead atoms. The average Bonchev–Trinajstić information content (AvgIpc) is 1.62. The third-order valence-corrected chi connectivity index (χ3v) is 26.2. The van der Waals surface area contributed by atoms with Gasteiger partial charge in [-0.05, 0) is 155 Å². The molecule has 0 unspecified atom stereocenters. The highest BCUT2D eigenvalue weighted by Gasteiger charge is 2.50. The summed E-state index contributed by atoms with van der Waals surface area (Å²) in [5.41, 5.74) is 27.6. The van der Waals surface area contributed by atoms with Gasteiger partial charge in [-0.3, -0.25) is 33.7 Å². The zero-order valence-electron chi connectivity index (χ0n) is 74.1. The van der Waals surface area contributed by atoms with E-state index >= 15 is 0 Å². The van der Waals surface area contributed by atoms with Crippen molar-refractivity contribution in [3.05, 3.63) is 137 Å². The number of carbonyl (C=O) groups excluding carboxylic acids is 7. The number of benzene rings is 2. The SMILES string of the molecule is C=C(NCc1cnc(N2CCN(C(=O)CCOCCN3CCN(C(=O)CCC(=O)N4CCc5cc(Cn6nc(-c7ccc8oc(N)nc8c7)c7c(N)ncnc76)ccc5C4)CC3)CC2)nc1)OC1CCC(C[C@@H](N)[C@@H]2C[C@@H](O)[C@H](C)/C=C(\C)[C@@H](O)[C@@H](O)C(=O)[C@H](C)C[C@H](C)/C=C/C=C/C=C(\C)[C@@H](OC)C[C@@H]3CCC[C@@](O)(O3)C(=O)C(=O)N3CCCC[C@H]3C(=O)O2)CC1. The number of amides is 4. The van der Waals surface area contributed by atoms with Crippen molar-refractivity contribution in [3.63, 3.8) is 0 Å². The van der Waals surface area contributed by atoms with E-state index in [2.05, 4.69) is 58.7 Å². The highest BCUT2D eigenvalue weighted by molar-refractivity contribution is 6.39. The number of fused-ring (bicyclic) bond motifs is 6. The van der Waals surface area contributed by atoms with Crippen molar-refractivity contribution in [2.75, 3.05) is 109 Å². The Morgan fingerprint density at radius 1 is 0.748 bits per heavy atom. The maximum atomic E-state index is 14.6. The molecule has 6 aromatic rings. The first-order valence-corrected chi connectivity index (χ1v) is 45.1. The number of oxazole rings is 1. The van der Waals surface area contributed by atoms with Crippen LogP contribution in [0.3, 0.4) is 0 Å². The molecule has 127 heavy (non-hydrogen) atoms. The van der Waals surface area contributed by atoms with E-state index < -0.39 is 89.8 Å². The minimum Gasteiger partial charge on any atom is -0.476 e. The number of carbonyl (C=O) groups is 7. The summed E-state index contributed by atoms with van der Waals surface area (Å²) in [6, 6.07) is 9.84. The fourth-order valence-electron chi connectivity index (χ4n) is 18.5. The third-order valence-electron chi connectivity index (χ3n) is 26.2. The van der Waals surface area contributed by atoms with Crippen LogP contribution in [0.25, 0.3) is 33.4 Å². The number of hydrogen-bond donors (Lipinski definition) is 8. The number of aliphatic hydroxyl groups excluding tert-OH is 3. The number of allylic oxidation sites excluding steroid dienone is 5. The molecule has 34 nitrogen and oxygen atoms in total. The number of anilines is 3. The largest absolute Gasteiger partial charge is 0.476 e. The number of nitrogens with two attached hydrogens (primary N) is 3. The summed E-state index contributed by atoms with van der Waals surface area (Å²) in [6.07, 6.45) is 16.0. The van der Waals surface area contributed by atoms with E-state index in [4.69, 9.17) is 50.4 Å². The van der Waals surface area contributed by atoms with Crippen LogP contribution in [0.2, 0.25) is 0 Å². The molecular weight excluding hydrogens is 1630 g/mol. The van der Waals surface area contributed by atoms with Crippen LogP contribution in [0.5, 0.6) is 0 Å². The Balaban J connectivity index is 0.505. The molecule has 4 aromatic heterocycles. The van der Waals surface area contributed by atoms with Gasteiger partial charge < -0.3 is 95.5 Å². The van der Waals surface area contributed by atoms with E-state index in [-0.39, 0.29) is 98.7 Å². The normalized spacial score (nSPS) is 27.9. The fraction of sp³-hybridized carbons (Fsp3) is 0.581. The van der Waals surface area contributed by atoms with Gasteiger partial charge in [-0.25, -0.2) is 29.4 Å². The summed E-state index contributed by atoms with van der Waals surface area (Å²) in [5, 5.41) is 55.2. The number of ether oxygens (including phenoxy) is 5. The summed E-state index contributed by atoms with van der Waals surface area (Å²) in [6.45, 7) is 21.0. The Morgan fingerprint density at radius 2 is 1.48 bits per heavy atom. The Bertz CT molecular complexity index is 4970. The highest BCUT2D eigenvalue weighted by Crippen LogP contribution is 2.38. The zero-order chi connectivity index (χ0) is 90.2. The van der Waals surface area contributed by atoms with E-state index in [1.165, 1.54) is 6.33 Å². The summed E-state index contributed by atoms with van der Waals surface area (Å²) < 4.78 is 37.8. The Labute approximate surface area is 741 Å². The molecule has 686 valence electrons. The van der Waals surface area contributed by atoms with Gasteiger partial charge in [0, 0.05) is 166 Å². The molecule has 1 saturated carbocycles. The van der Waals surface area contributed by atoms with Crippen molar-refractivity contribution < 1.29 is 82.1 Å². The van der Waals surface area contributed by atoms with Crippen LogP contribution in [-0.4, -0.2) is 274 Å². The number of nitrogen functional groups attached to an aromatic ring is 2. The minimum absolute atomic E-state index is 0.0210. The lowest BCUT2D eigenvalue weighted by molar-refractivity contribution is -0.245. The smallest absolute Gasteiger partial charge is 0.329 e. The van der Waals surface area contributed by atoms with E-state index in [0.29, 0.717) is 214 Å². The summed E-state index contributed by atoms with van der Waals surface area (Å²) >= 11 is 0. The van der Waals surface area contributed by atoms with Gasteiger partial charge in [0.2, 0.25) is 29.5 Å². The van der Waals surface area contributed by atoms with Gasteiger partial charge in [0.1, 0.15) is 53.8 Å². The molecular formula is C93H127N17O17. The lowest BCUT2D eigenvalue weighted by Crippen LogP contribution is -2.58. The second-order valence-electron chi connectivity index (χ2n) is 35.5. The first kappa shape index (κ1) is 94.2. The van der Waals surface area contributed by atoms with Crippen LogP contribution in [0.15, 0.2) is 120 Å². The third kappa shape index (κ3) is 24.3. The number of hydrogen-bond acceptors (Lipinski definition) is 29. The zero-order valence-corrected chi connectivity index (χ0v) is 74.1.